The highest BCUT2D eigenvalue weighted by Gasteiger charge is 2.26. The van der Waals surface area contributed by atoms with Gasteiger partial charge in [0.15, 0.2) is 5.13 Å². The normalized spacial score (nSPS) is 19.6. The Morgan fingerprint density at radius 1 is 1.30 bits per heavy atom. The number of benzene rings is 1. The van der Waals surface area contributed by atoms with E-state index in [4.69, 9.17) is 16.3 Å². The first-order valence-corrected chi connectivity index (χ1v) is 9.86. The summed E-state index contributed by atoms with van der Waals surface area (Å²) in [6.07, 6.45) is 0.258. The summed E-state index contributed by atoms with van der Waals surface area (Å²) in [6, 6.07) is 6.45. The van der Waals surface area contributed by atoms with Gasteiger partial charge in [-0.2, -0.15) is 0 Å². The van der Waals surface area contributed by atoms with Gasteiger partial charge in [-0.3, -0.25) is 10.1 Å². The van der Waals surface area contributed by atoms with Crippen molar-refractivity contribution < 1.29 is 14.3 Å². The minimum absolute atomic E-state index is 0.0113. The fourth-order valence-electron chi connectivity index (χ4n) is 2.92. The number of nitrogens with one attached hydrogen (secondary N) is 2. The van der Waals surface area contributed by atoms with Gasteiger partial charge in [-0.1, -0.05) is 17.7 Å². The summed E-state index contributed by atoms with van der Waals surface area (Å²) < 4.78 is 5.65. The zero-order valence-electron chi connectivity index (χ0n) is 15.1. The number of nitrogens with zero attached hydrogens (tertiary/aromatic N) is 2. The van der Waals surface area contributed by atoms with Gasteiger partial charge >= 0.3 is 6.03 Å². The number of rotatable bonds is 4. The number of morpholine rings is 1. The van der Waals surface area contributed by atoms with Crippen molar-refractivity contribution in [3.63, 3.8) is 0 Å². The molecule has 2 atom stereocenters. The Kier molecular flexibility index (Phi) is 6.30. The third-order valence-electron chi connectivity index (χ3n) is 3.96. The maximum Gasteiger partial charge on any atom is 0.325 e. The van der Waals surface area contributed by atoms with Crippen molar-refractivity contribution in [3.05, 3.63) is 40.4 Å². The average molecular weight is 409 g/mol. The quantitative estimate of drug-likeness (QED) is 0.809. The molecular weight excluding hydrogens is 388 g/mol. The zero-order valence-corrected chi connectivity index (χ0v) is 16.6. The van der Waals surface area contributed by atoms with Crippen molar-refractivity contribution in [2.45, 2.75) is 32.5 Å². The maximum atomic E-state index is 12.5. The number of hydrogen-bond donors (Lipinski definition) is 2. The van der Waals surface area contributed by atoms with E-state index in [9.17, 15) is 9.59 Å². The largest absolute Gasteiger partial charge is 0.372 e. The van der Waals surface area contributed by atoms with E-state index in [2.05, 4.69) is 15.6 Å². The number of halogens is 1. The van der Waals surface area contributed by atoms with Crippen LogP contribution in [0, 0.1) is 0 Å². The van der Waals surface area contributed by atoms with E-state index in [-0.39, 0.29) is 24.5 Å². The number of aromatic nitrogens is 1. The van der Waals surface area contributed by atoms with Crippen LogP contribution in [-0.4, -0.2) is 47.1 Å². The molecule has 0 spiro atoms. The Morgan fingerprint density at radius 3 is 2.74 bits per heavy atom. The molecule has 144 valence electrons. The number of thiazole rings is 1. The first-order valence-electron chi connectivity index (χ1n) is 8.60. The van der Waals surface area contributed by atoms with E-state index >= 15 is 0 Å². The fraction of sp³-hybridized carbons (Fsp3) is 0.389. The van der Waals surface area contributed by atoms with Crippen molar-refractivity contribution in [1.29, 1.82) is 0 Å². The molecule has 1 aromatic heterocycles. The highest BCUT2D eigenvalue weighted by Crippen LogP contribution is 2.19. The van der Waals surface area contributed by atoms with Crippen LogP contribution in [-0.2, 0) is 16.0 Å². The molecule has 27 heavy (non-hydrogen) atoms. The van der Waals surface area contributed by atoms with Gasteiger partial charge in [0.25, 0.3) is 0 Å². The SMILES string of the molecule is CC1CN(C(=O)Cc2csc(NC(=O)Nc3cccc(Cl)c3)n2)CC(C)O1. The molecule has 0 saturated carbocycles. The van der Waals surface area contributed by atoms with Gasteiger partial charge in [-0.05, 0) is 32.0 Å². The van der Waals surface area contributed by atoms with Crippen LogP contribution in [0.1, 0.15) is 19.5 Å². The van der Waals surface area contributed by atoms with Crippen molar-refractivity contribution in [1.82, 2.24) is 9.88 Å². The van der Waals surface area contributed by atoms with E-state index in [1.165, 1.54) is 11.3 Å². The lowest BCUT2D eigenvalue weighted by molar-refractivity contribution is -0.142. The lowest BCUT2D eigenvalue weighted by Crippen LogP contribution is -2.48. The molecule has 0 bridgehead atoms. The smallest absolute Gasteiger partial charge is 0.325 e. The summed E-state index contributed by atoms with van der Waals surface area (Å²) in [5.74, 6) is 0.0113. The highest BCUT2D eigenvalue weighted by atomic mass is 35.5. The molecule has 1 aromatic carbocycles. The summed E-state index contributed by atoms with van der Waals surface area (Å²) in [5.41, 5.74) is 1.22. The number of carbonyl (C=O) groups excluding carboxylic acids is 2. The molecule has 0 radical (unpaired) electrons. The Morgan fingerprint density at radius 2 is 2.04 bits per heavy atom. The van der Waals surface area contributed by atoms with Crippen LogP contribution >= 0.6 is 22.9 Å². The number of urea groups is 1. The van der Waals surface area contributed by atoms with Gasteiger partial charge in [0.05, 0.1) is 24.3 Å². The molecule has 1 fully saturated rings. The standard InChI is InChI=1S/C18H21ClN4O3S/c1-11-8-23(9-12(2)26-11)16(24)7-15-10-27-18(21-15)22-17(25)20-14-5-3-4-13(19)6-14/h3-6,10-12H,7-9H2,1-2H3,(H2,20,21,22,25). The van der Waals surface area contributed by atoms with Crippen LogP contribution in [0.3, 0.4) is 0 Å². The number of amides is 3. The van der Waals surface area contributed by atoms with Crippen LogP contribution in [0.25, 0.3) is 0 Å². The minimum Gasteiger partial charge on any atom is -0.372 e. The predicted octanol–water partition coefficient (Wildman–Crippen LogP) is 3.62. The lowest BCUT2D eigenvalue weighted by Gasteiger charge is -2.35. The molecule has 2 unspecified atom stereocenters. The first-order chi connectivity index (χ1) is 12.9. The summed E-state index contributed by atoms with van der Waals surface area (Å²) in [5, 5.41) is 8.10. The summed E-state index contributed by atoms with van der Waals surface area (Å²) in [4.78, 5) is 30.7. The molecule has 1 aliphatic heterocycles. The van der Waals surface area contributed by atoms with Gasteiger partial charge in [0.1, 0.15) is 0 Å². The average Bonchev–Trinajstić information content (AvgIpc) is 3.00. The molecule has 9 heteroatoms. The Labute approximate surface area is 166 Å². The molecular formula is C18H21ClN4O3S. The van der Waals surface area contributed by atoms with Crippen LogP contribution in [0.15, 0.2) is 29.6 Å². The van der Waals surface area contributed by atoms with Crippen molar-refractivity contribution in [2.24, 2.45) is 0 Å². The number of carbonyl (C=O) groups is 2. The van der Waals surface area contributed by atoms with Crippen LogP contribution in [0.4, 0.5) is 15.6 Å². The Hall–Kier alpha value is -2.16. The van der Waals surface area contributed by atoms with Crippen LogP contribution in [0.5, 0.6) is 0 Å². The van der Waals surface area contributed by atoms with E-state index in [0.29, 0.717) is 34.6 Å². The van der Waals surface area contributed by atoms with E-state index in [1.807, 2.05) is 13.8 Å². The molecule has 2 heterocycles. The predicted molar refractivity (Wildman–Crippen MR) is 107 cm³/mol. The van der Waals surface area contributed by atoms with E-state index < -0.39 is 6.03 Å². The zero-order chi connectivity index (χ0) is 19.4. The van der Waals surface area contributed by atoms with E-state index in [1.54, 1.807) is 34.5 Å². The van der Waals surface area contributed by atoms with Crippen molar-refractivity contribution in [2.75, 3.05) is 23.7 Å². The Balaban J connectivity index is 1.53. The number of hydrogen-bond acceptors (Lipinski definition) is 5. The van der Waals surface area contributed by atoms with Crippen LogP contribution < -0.4 is 10.6 Å². The monoisotopic (exact) mass is 408 g/mol. The summed E-state index contributed by atoms with van der Waals surface area (Å²) in [6.45, 7) is 5.08. The second kappa shape index (κ2) is 8.69. The van der Waals surface area contributed by atoms with Crippen LogP contribution in [0.2, 0.25) is 5.02 Å². The summed E-state index contributed by atoms with van der Waals surface area (Å²) >= 11 is 7.17. The number of anilines is 2. The molecule has 0 aliphatic carbocycles. The minimum atomic E-state index is -0.416. The topological polar surface area (TPSA) is 83.6 Å². The third-order valence-corrected chi connectivity index (χ3v) is 5.00. The van der Waals surface area contributed by atoms with Gasteiger partial charge in [-0.15, -0.1) is 11.3 Å². The fourth-order valence-corrected chi connectivity index (χ4v) is 3.82. The van der Waals surface area contributed by atoms with Gasteiger partial charge in [0, 0.05) is 29.2 Å². The lowest BCUT2D eigenvalue weighted by atomic mass is 10.2. The first kappa shape index (κ1) is 19.6. The number of ether oxygens (including phenoxy) is 1. The molecule has 3 amide bonds. The van der Waals surface area contributed by atoms with Crippen molar-refractivity contribution in [3.8, 4) is 0 Å². The molecule has 1 saturated heterocycles. The molecule has 7 nitrogen and oxygen atoms in total. The van der Waals surface area contributed by atoms with Gasteiger partial charge in [-0.25, -0.2) is 9.78 Å². The molecule has 1 aliphatic rings. The second-order valence-corrected chi connectivity index (χ2v) is 7.76. The molecule has 2 aromatic rings. The Bertz CT molecular complexity index is 818. The summed E-state index contributed by atoms with van der Waals surface area (Å²) in [7, 11) is 0. The molecule has 3 rings (SSSR count). The van der Waals surface area contributed by atoms with Crippen molar-refractivity contribution >= 4 is 45.7 Å². The molecule has 2 N–H and O–H groups in total. The highest BCUT2D eigenvalue weighted by molar-refractivity contribution is 7.14. The second-order valence-electron chi connectivity index (χ2n) is 6.47. The van der Waals surface area contributed by atoms with Gasteiger partial charge in [0.2, 0.25) is 5.91 Å². The van der Waals surface area contributed by atoms with Gasteiger partial charge < -0.3 is 15.0 Å². The maximum absolute atomic E-state index is 12.5. The third kappa shape index (κ3) is 5.66. The van der Waals surface area contributed by atoms with E-state index in [0.717, 1.165) is 0 Å².